The maximum atomic E-state index is 12.2. The molecule has 2 aromatic carbocycles. The molecule has 0 atom stereocenters. The Morgan fingerprint density at radius 1 is 0.947 bits per heavy atom. The van der Waals surface area contributed by atoms with Crippen LogP contribution in [0.15, 0.2) is 54.6 Å². The van der Waals surface area contributed by atoms with Crippen molar-refractivity contribution in [3.05, 3.63) is 60.2 Å². The highest BCUT2D eigenvalue weighted by Gasteiger charge is 2.23. The minimum atomic E-state index is -0.188. The molecule has 19 heavy (non-hydrogen) atoms. The molecule has 0 aliphatic carbocycles. The maximum Gasteiger partial charge on any atom is 0.272 e. The summed E-state index contributed by atoms with van der Waals surface area (Å²) in [6.07, 6.45) is 0. The maximum absolute atomic E-state index is 12.2. The molecule has 0 unspecified atom stereocenters. The Balaban J connectivity index is 2.01. The standard InChI is InChI=1S/C14H11N3OS/c18-13-11-8-4-5-9-12(11)15-14(19)17(16-13)10-6-2-1-3-7-10/h1-9H,(H,15,19)(H,16,18). The molecular weight excluding hydrogens is 258 g/mol. The van der Waals surface area contributed by atoms with Gasteiger partial charge in [-0.05, 0) is 36.5 Å². The van der Waals surface area contributed by atoms with E-state index in [0.29, 0.717) is 16.4 Å². The largest absolute Gasteiger partial charge is 0.330 e. The van der Waals surface area contributed by atoms with E-state index in [4.69, 9.17) is 12.2 Å². The van der Waals surface area contributed by atoms with Crippen LogP contribution in [0.4, 0.5) is 11.4 Å². The van der Waals surface area contributed by atoms with Crippen molar-refractivity contribution in [3.63, 3.8) is 0 Å². The summed E-state index contributed by atoms with van der Waals surface area (Å²) in [6.45, 7) is 0. The molecular formula is C14H11N3OS. The van der Waals surface area contributed by atoms with Crippen LogP contribution >= 0.6 is 12.2 Å². The molecule has 0 saturated heterocycles. The Labute approximate surface area is 116 Å². The van der Waals surface area contributed by atoms with Crippen molar-refractivity contribution >= 4 is 34.6 Å². The number of rotatable bonds is 1. The second kappa shape index (κ2) is 4.70. The number of nitrogens with zero attached hydrogens (tertiary/aromatic N) is 1. The average molecular weight is 269 g/mol. The monoisotopic (exact) mass is 269 g/mol. The van der Waals surface area contributed by atoms with Gasteiger partial charge in [0.2, 0.25) is 0 Å². The van der Waals surface area contributed by atoms with Crippen LogP contribution in [-0.4, -0.2) is 11.0 Å². The van der Waals surface area contributed by atoms with Crippen molar-refractivity contribution in [3.8, 4) is 0 Å². The van der Waals surface area contributed by atoms with E-state index in [1.807, 2.05) is 48.5 Å². The Bertz CT molecular complexity index is 642. The number of carbonyl (C=O) groups is 1. The van der Waals surface area contributed by atoms with Crippen molar-refractivity contribution in [2.24, 2.45) is 0 Å². The summed E-state index contributed by atoms with van der Waals surface area (Å²) < 4.78 is 0. The molecule has 1 heterocycles. The zero-order valence-electron chi connectivity index (χ0n) is 9.96. The predicted octanol–water partition coefficient (Wildman–Crippen LogP) is 2.55. The molecule has 0 aromatic heterocycles. The number of anilines is 2. The van der Waals surface area contributed by atoms with Crippen molar-refractivity contribution in [2.45, 2.75) is 0 Å². The molecule has 0 spiro atoms. The van der Waals surface area contributed by atoms with Gasteiger partial charge in [0.15, 0.2) is 5.11 Å². The van der Waals surface area contributed by atoms with E-state index in [-0.39, 0.29) is 5.91 Å². The Kier molecular flexibility index (Phi) is 2.89. The number of benzene rings is 2. The number of amides is 1. The lowest BCUT2D eigenvalue weighted by molar-refractivity contribution is 0.0957. The highest BCUT2D eigenvalue weighted by atomic mass is 32.1. The quantitative estimate of drug-likeness (QED) is 0.781. The van der Waals surface area contributed by atoms with Crippen molar-refractivity contribution in [2.75, 3.05) is 10.3 Å². The topological polar surface area (TPSA) is 44.4 Å². The average Bonchev–Trinajstić information content (AvgIpc) is 2.57. The van der Waals surface area contributed by atoms with Crippen LogP contribution in [-0.2, 0) is 0 Å². The van der Waals surface area contributed by atoms with Gasteiger partial charge in [-0.3, -0.25) is 10.2 Å². The van der Waals surface area contributed by atoms with Crippen LogP contribution in [0.3, 0.4) is 0 Å². The molecule has 1 aliphatic heterocycles. The Morgan fingerprint density at radius 3 is 2.42 bits per heavy atom. The van der Waals surface area contributed by atoms with Crippen molar-refractivity contribution in [1.82, 2.24) is 5.43 Å². The van der Waals surface area contributed by atoms with Gasteiger partial charge < -0.3 is 5.32 Å². The fourth-order valence-corrected chi connectivity index (χ4v) is 2.19. The van der Waals surface area contributed by atoms with Gasteiger partial charge in [-0.15, -0.1) is 0 Å². The molecule has 5 heteroatoms. The Hall–Kier alpha value is -2.40. The highest BCUT2D eigenvalue weighted by Crippen LogP contribution is 2.21. The van der Waals surface area contributed by atoms with Crippen LogP contribution < -0.4 is 15.8 Å². The number of hydrogen-bond donors (Lipinski definition) is 2. The molecule has 0 fully saturated rings. The minimum absolute atomic E-state index is 0.188. The number of fused-ring (bicyclic) bond motifs is 1. The van der Waals surface area contributed by atoms with Gasteiger partial charge in [-0.25, -0.2) is 5.01 Å². The lowest BCUT2D eigenvalue weighted by atomic mass is 10.2. The fourth-order valence-electron chi connectivity index (χ4n) is 1.93. The van der Waals surface area contributed by atoms with E-state index in [1.54, 1.807) is 11.1 Å². The first kappa shape index (κ1) is 11.7. The lowest BCUT2D eigenvalue weighted by Crippen LogP contribution is -2.46. The number of hydrazine groups is 1. The van der Waals surface area contributed by atoms with Gasteiger partial charge in [0.1, 0.15) is 0 Å². The molecule has 0 bridgehead atoms. The van der Waals surface area contributed by atoms with Gasteiger partial charge in [0.05, 0.1) is 16.9 Å². The smallest absolute Gasteiger partial charge is 0.272 e. The van der Waals surface area contributed by atoms with E-state index in [0.717, 1.165) is 5.69 Å². The summed E-state index contributed by atoms with van der Waals surface area (Å²) in [5, 5.41) is 5.08. The summed E-state index contributed by atoms with van der Waals surface area (Å²) >= 11 is 5.33. The number of para-hydroxylation sites is 2. The summed E-state index contributed by atoms with van der Waals surface area (Å²) in [5.74, 6) is -0.188. The van der Waals surface area contributed by atoms with Crippen molar-refractivity contribution < 1.29 is 4.79 Å². The van der Waals surface area contributed by atoms with E-state index in [1.165, 1.54) is 0 Å². The van der Waals surface area contributed by atoms with E-state index in [9.17, 15) is 4.79 Å². The molecule has 0 saturated carbocycles. The molecule has 94 valence electrons. The van der Waals surface area contributed by atoms with Crippen LogP contribution in [0, 0.1) is 0 Å². The third-order valence-electron chi connectivity index (χ3n) is 2.84. The van der Waals surface area contributed by atoms with Crippen LogP contribution in [0.2, 0.25) is 0 Å². The molecule has 2 N–H and O–H groups in total. The van der Waals surface area contributed by atoms with E-state index >= 15 is 0 Å². The summed E-state index contributed by atoms with van der Waals surface area (Å²) in [7, 11) is 0. The number of nitrogens with one attached hydrogen (secondary N) is 2. The molecule has 2 aromatic rings. The number of thiocarbonyl (C=S) groups is 1. The van der Waals surface area contributed by atoms with Crippen molar-refractivity contribution in [1.29, 1.82) is 0 Å². The molecule has 3 rings (SSSR count). The van der Waals surface area contributed by atoms with Gasteiger partial charge in [-0.1, -0.05) is 30.3 Å². The normalized spacial score (nSPS) is 14.2. The van der Waals surface area contributed by atoms with Gasteiger partial charge in [0, 0.05) is 0 Å². The second-order valence-electron chi connectivity index (χ2n) is 4.09. The van der Waals surface area contributed by atoms with Gasteiger partial charge >= 0.3 is 0 Å². The molecule has 1 amide bonds. The SMILES string of the molecule is O=C1NN(c2ccccc2)C(=S)Nc2ccccc21. The van der Waals surface area contributed by atoms with E-state index in [2.05, 4.69) is 10.7 Å². The zero-order valence-corrected chi connectivity index (χ0v) is 10.8. The summed E-state index contributed by atoms with van der Waals surface area (Å²) in [6, 6.07) is 16.7. The third kappa shape index (κ3) is 2.15. The summed E-state index contributed by atoms with van der Waals surface area (Å²) in [4.78, 5) is 12.2. The first-order valence-electron chi connectivity index (χ1n) is 5.82. The second-order valence-corrected chi connectivity index (χ2v) is 4.47. The fraction of sp³-hybridized carbons (Fsp3) is 0. The third-order valence-corrected chi connectivity index (χ3v) is 3.13. The lowest BCUT2D eigenvalue weighted by Gasteiger charge is -2.22. The van der Waals surface area contributed by atoms with Gasteiger partial charge in [-0.2, -0.15) is 0 Å². The first-order chi connectivity index (χ1) is 9.25. The first-order valence-corrected chi connectivity index (χ1v) is 6.23. The summed E-state index contributed by atoms with van der Waals surface area (Å²) in [5.41, 5.74) is 4.88. The Morgan fingerprint density at radius 2 is 1.63 bits per heavy atom. The van der Waals surface area contributed by atoms with Crippen LogP contribution in [0.1, 0.15) is 10.4 Å². The van der Waals surface area contributed by atoms with E-state index < -0.39 is 0 Å². The predicted molar refractivity (Wildman–Crippen MR) is 79.0 cm³/mol. The number of hydrogen-bond acceptors (Lipinski definition) is 2. The highest BCUT2D eigenvalue weighted by molar-refractivity contribution is 7.80. The molecule has 0 radical (unpaired) electrons. The zero-order chi connectivity index (χ0) is 13.2. The van der Waals surface area contributed by atoms with Gasteiger partial charge in [0.25, 0.3) is 5.91 Å². The minimum Gasteiger partial charge on any atom is -0.330 e. The van der Waals surface area contributed by atoms with Crippen LogP contribution in [0.25, 0.3) is 0 Å². The molecule has 4 nitrogen and oxygen atoms in total. The molecule has 1 aliphatic rings. The number of carbonyl (C=O) groups excluding carboxylic acids is 1. The van der Waals surface area contributed by atoms with Crippen LogP contribution in [0.5, 0.6) is 0 Å².